The van der Waals surface area contributed by atoms with E-state index in [2.05, 4.69) is 15.3 Å². The van der Waals surface area contributed by atoms with E-state index in [1.54, 1.807) is 6.07 Å². The van der Waals surface area contributed by atoms with Crippen molar-refractivity contribution in [2.24, 2.45) is 0 Å². The minimum Gasteiger partial charge on any atom is -0.494 e. The molecule has 6 N–H and O–H groups in total. The van der Waals surface area contributed by atoms with Crippen LogP contribution < -0.4 is 22.3 Å². The van der Waals surface area contributed by atoms with E-state index in [0.717, 1.165) is 0 Å². The second-order valence-electron chi connectivity index (χ2n) is 4.43. The predicted molar refractivity (Wildman–Crippen MR) is 76.2 cm³/mol. The van der Waals surface area contributed by atoms with Crippen molar-refractivity contribution in [2.45, 2.75) is 0 Å². The second kappa shape index (κ2) is 4.77. The van der Waals surface area contributed by atoms with Gasteiger partial charge in [0, 0.05) is 5.69 Å². The van der Waals surface area contributed by atoms with Gasteiger partial charge in [0.25, 0.3) is 11.5 Å². The summed E-state index contributed by atoms with van der Waals surface area (Å²) < 4.78 is 0. The summed E-state index contributed by atoms with van der Waals surface area (Å²) in [5.74, 6) is -1.74. The van der Waals surface area contributed by atoms with E-state index in [-0.39, 0.29) is 5.69 Å². The van der Waals surface area contributed by atoms with E-state index in [4.69, 9.17) is 0 Å². The first kappa shape index (κ1) is 13.4. The topological polar surface area (TPSA) is 164 Å². The van der Waals surface area contributed by atoms with Gasteiger partial charge in [0.15, 0.2) is 5.56 Å². The molecule has 3 rings (SSSR count). The first-order valence-corrected chi connectivity index (χ1v) is 6.03. The maximum absolute atomic E-state index is 12.0. The first-order chi connectivity index (χ1) is 10.4. The maximum atomic E-state index is 12.0. The van der Waals surface area contributed by atoms with Crippen LogP contribution in [0.4, 0.5) is 5.69 Å². The summed E-state index contributed by atoms with van der Waals surface area (Å²) in [5, 5.41) is 11.9. The Labute approximate surface area is 119 Å². The number of aromatic amines is 4. The van der Waals surface area contributed by atoms with Crippen LogP contribution >= 0.6 is 0 Å². The third-order valence-electron chi connectivity index (χ3n) is 2.92. The fraction of sp³-hybridized carbons (Fsp3) is 0. The molecule has 0 unspecified atom stereocenters. The minimum absolute atomic E-state index is 0.290. The van der Waals surface area contributed by atoms with Crippen molar-refractivity contribution in [1.29, 1.82) is 0 Å². The number of H-pyrrole nitrogens is 4. The van der Waals surface area contributed by atoms with Gasteiger partial charge < -0.3 is 20.4 Å². The van der Waals surface area contributed by atoms with Crippen molar-refractivity contribution < 1.29 is 9.90 Å². The number of carbonyl (C=O) groups excluding carboxylic acids is 1. The number of nitrogens with one attached hydrogen (secondary N) is 5. The molecule has 0 saturated heterocycles. The maximum Gasteiger partial charge on any atom is 0.328 e. The molecule has 0 fully saturated rings. The Balaban J connectivity index is 1.98. The van der Waals surface area contributed by atoms with Gasteiger partial charge in [-0.05, 0) is 18.2 Å². The van der Waals surface area contributed by atoms with Crippen molar-refractivity contribution in [3.63, 3.8) is 0 Å². The van der Waals surface area contributed by atoms with Gasteiger partial charge in [-0.1, -0.05) is 0 Å². The standard InChI is InChI=1S/C12H9N5O5/c18-8(7-9(19)16-12(22)17-10(7)20)13-4-1-2-5-6(3-4)15-11(21)14-5/h1-3H,(H,13,18)(H2,14,15,21)(H3,16,17,19,20,22). The number of fused-ring (bicyclic) bond motifs is 1. The molecule has 0 aliphatic carbocycles. The summed E-state index contributed by atoms with van der Waals surface area (Å²) >= 11 is 0. The molecule has 0 atom stereocenters. The van der Waals surface area contributed by atoms with E-state index in [1.807, 2.05) is 9.97 Å². The molecule has 10 heteroatoms. The zero-order chi connectivity index (χ0) is 15.9. The predicted octanol–water partition coefficient (Wildman–Crippen LogP) is -0.809. The molecule has 1 amide bonds. The number of aromatic nitrogens is 4. The largest absolute Gasteiger partial charge is 0.494 e. The zero-order valence-corrected chi connectivity index (χ0v) is 10.8. The Kier molecular flexibility index (Phi) is 2.91. The number of carbonyl (C=O) groups is 1. The van der Waals surface area contributed by atoms with Crippen LogP contribution in [0.3, 0.4) is 0 Å². The Morgan fingerprint density at radius 1 is 0.955 bits per heavy atom. The van der Waals surface area contributed by atoms with Crippen LogP contribution in [0.15, 0.2) is 32.6 Å². The van der Waals surface area contributed by atoms with Crippen LogP contribution in [0.25, 0.3) is 11.0 Å². The Hall–Kier alpha value is -3.56. The Bertz CT molecular complexity index is 1050. The van der Waals surface area contributed by atoms with Crippen molar-refractivity contribution in [1.82, 2.24) is 19.9 Å². The number of rotatable bonds is 2. The normalized spacial score (nSPS) is 10.7. The molecule has 0 saturated carbocycles. The number of anilines is 1. The molecule has 1 aromatic carbocycles. The molecule has 0 aliphatic heterocycles. The van der Waals surface area contributed by atoms with Gasteiger partial charge in [0.05, 0.1) is 11.0 Å². The van der Waals surface area contributed by atoms with E-state index in [0.29, 0.717) is 11.0 Å². The molecule has 22 heavy (non-hydrogen) atoms. The fourth-order valence-corrected chi connectivity index (χ4v) is 1.99. The number of aromatic hydroxyl groups is 1. The van der Waals surface area contributed by atoms with Gasteiger partial charge in [-0.3, -0.25) is 19.6 Å². The summed E-state index contributed by atoms with van der Waals surface area (Å²) in [6, 6.07) is 4.53. The lowest BCUT2D eigenvalue weighted by Gasteiger charge is -2.05. The molecule has 0 radical (unpaired) electrons. The smallest absolute Gasteiger partial charge is 0.328 e. The highest BCUT2D eigenvalue weighted by Crippen LogP contribution is 2.16. The van der Waals surface area contributed by atoms with Gasteiger partial charge >= 0.3 is 11.4 Å². The highest BCUT2D eigenvalue weighted by Gasteiger charge is 2.17. The molecule has 0 aliphatic rings. The third kappa shape index (κ3) is 2.28. The lowest BCUT2D eigenvalue weighted by molar-refractivity contribution is 0.102. The second-order valence-corrected chi connectivity index (χ2v) is 4.43. The van der Waals surface area contributed by atoms with Crippen LogP contribution in [0, 0.1) is 0 Å². The summed E-state index contributed by atoms with van der Waals surface area (Å²) in [7, 11) is 0. The molecule has 112 valence electrons. The van der Waals surface area contributed by atoms with E-state index < -0.39 is 34.3 Å². The van der Waals surface area contributed by atoms with Crippen LogP contribution in [0.1, 0.15) is 10.4 Å². The summed E-state index contributed by atoms with van der Waals surface area (Å²) in [5.41, 5.74) is -1.66. The monoisotopic (exact) mass is 303 g/mol. The number of imidazole rings is 1. The number of amides is 1. The molecular formula is C12H9N5O5. The molecular weight excluding hydrogens is 294 g/mol. The SMILES string of the molecule is O=C(Nc1ccc2[nH]c(=O)[nH]c2c1)c1c(O)[nH]c(=O)[nH]c1=O. The minimum atomic E-state index is -1.02. The van der Waals surface area contributed by atoms with Crippen molar-refractivity contribution in [2.75, 3.05) is 5.32 Å². The quantitative estimate of drug-likeness (QED) is 0.364. The molecule has 10 nitrogen and oxygen atoms in total. The summed E-state index contributed by atoms with van der Waals surface area (Å²) in [6.07, 6.45) is 0. The number of benzene rings is 1. The van der Waals surface area contributed by atoms with Gasteiger partial charge in [-0.25, -0.2) is 9.59 Å². The third-order valence-corrected chi connectivity index (χ3v) is 2.92. The van der Waals surface area contributed by atoms with E-state index in [1.165, 1.54) is 12.1 Å². The first-order valence-electron chi connectivity index (χ1n) is 6.03. The number of hydrogen-bond donors (Lipinski definition) is 6. The highest BCUT2D eigenvalue weighted by molar-refractivity contribution is 6.06. The van der Waals surface area contributed by atoms with Crippen LogP contribution in [0.2, 0.25) is 0 Å². The van der Waals surface area contributed by atoms with Crippen molar-refractivity contribution >= 4 is 22.6 Å². The van der Waals surface area contributed by atoms with Gasteiger partial charge in [0.1, 0.15) is 0 Å². The highest BCUT2D eigenvalue weighted by atomic mass is 16.3. The average Bonchev–Trinajstić information content (AvgIpc) is 2.76. The molecule has 2 aromatic heterocycles. The fourth-order valence-electron chi connectivity index (χ4n) is 1.99. The van der Waals surface area contributed by atoms with Crippen molar-refractivity contribution in [3.8, 4) is 5.88 Å². The Morgan fingerprint density at radius 2 is 1.64 bits per heavy atom. The molecule has 0 bridgehead atoms. The average molecular weight is 303 g/mol. The van der Waals surface area contributed by atoms with E-state index >= 15 is 0 Å². The lowest BCUT2D eigenvalue weighted by atomic mass is 10.2. The number of hydrogen-bond acceptors (Lipinski definition) is 5. The van der Waals surface area contributed by atoms with Crippen LogP contribution in [0.5, 0.6) is 5.88 Å². The summed E-state index contributed by atoms with van der Waals surface area (Å²) in [6.45, 7) is 0. The van der Waals surface area contributed by atoms with E-state index in [9.17, 15) is 24.3 Å². The van der Waals surface area contributed by atoms with Crippen LogP contribution in [-0.4, -0.2) is 30.9 Å². The van der Waals surface area contributed by atoms with Crippen LogP contribution in [-0.2, 0) is 0 Å². The van der Waals surface area contributed by atoms with Gasteiger partial charge in [-0.2, -0.15) is 0 Å². The van der Waals surface area contributed by atoms with Gasteiger partial charge in [-0.15, -0.1) is 0 Å². The molecule has 3 aromatic rings. The van der Waals surface area contributed by atoms with Crippen molar-refractivity contribution in [3.05, 3.63) is 55.1 Å². The lowest BCUT2D eigenvalue weighted by Crippen LogP contribution is -2.30. The Morgan fingerprint density at radius 3 is 2.36 bits per heavy atom. The molecule has 2 heterocycles. The molecule has 0 spiro atoms. The summed E-state index contributed by atoms with van der Waals surface area (Å²) in [4.78, 5) is 54.5. The van der Waals surface area contributed by atoms with Gasteiger partial charge in [0.2, 0.25) is 5.88 Å². The zero-order valence-electron chi connectivity index (χ0n) is 10.8.